The molecule has 1 fully saturated rings. The van der Waals surface area contributed by atoms with Gasteiger partial charge in [0.05, 0.1) is 12.3 Å². The molecular formula is C16H26N2O. The molecule has 0 aromatic carbocycles. The highest BCUT2D eigenvalue weighted by molar-refractivity contribution is 5.03. The molecule has 19 heavy (non-hydrogen) atoms. The topological polar surface area (TPSA) is 28.4 Å². The Kier molecular flexibility index (Phi) is 5.23. The Morgan fingerprint density at radius 3 is 2.79 bits per heavy atom. The standard InChI is InChI=1S/C16H26N2O/c1-13(2)6-9-18-10-7-15(8-11-18)17-14(3)16-5-4-12-19-16/h4-6,12,14-15,17H,7-11H2,1-3H3/t14-/m0/s1. The summed E-state index contributed by atoms with van der Waals surface area (Å²) in [6.45, 7) is 9.98. The van der Waals surface area contributed by atoms with Crippen LogP contribution in [-0.2, 0) is 0 Å². The van der Waals surface area contributed by atoms with Gasteiger partial charge in [-0.05, 0) is 58.8 Å². The van der Waals surface area contributed by atoms with Gasteiger partial charge in [-0.3, -0.25) is 4.90 Å². The van der Waals surface area contributed by atoms with Crippen LogP contribution < -0.4 is 5.32 Å². The predicted octanol–water partition coefficient (Wildman–Crippen LogP) is 3.36. The summed E-state index contributed by atoms with van der Waals surface area (Å²) >= 11 is 0. The van der Waals surface area contributed by atoms with Crippen LogP contribution in [0.5, 0.6) is 0 Å². The quantitative estimate of drug-likeness (QED) is 0.825. The number of likely N-dealkylation sites (tertiary alicyclic amines) is 1. The summed E-state index contributed by atoms with van der Waals surface area (Å²) in [4.78, 5) is 2.53. The molecule has 1 N–H and O–H groups in total. The maximum absolute atomic E-state index is 5.44. The van der Waals surface area contributed by atoms with Gasteiger partial charge in [0, 0.05) is 12.6 Å². The van der Waals surface area contributed by atoms with Gasteiger partial charge in [0.1, 0.15) is 5.76 Å². The Balaban J connectivity index is 1.73. The highest BCUT2D eigenvalue weighted by Gasteiger charge is 2.20. The molecule has 1 aliphatic rings. The average molecular weight is 262 g/mol. The third kappa shape index (κ3) is 4.51. The lowest BCUT2D eigenvalue weighted by molar-refractivity contribution is 0.205. The molecule has 0 spiro atoms. The third-order valence-corrected chi connectivity index (χ3v) is 3.80. The first-order valence-corrected chi connectivity index (χ1v) is 7.30. The van der Waals surface area contributed by atoms with E-state index in [-0.39, 0.29) is 0 Å². The van der Waals surface area contributed by atoms with Crippen LogP contribution in [-0.4, -0.2) is 30.6 Å². The summed E-state index contributed by atoms with van der Waals surface area (Å²) in [6, 6.07) is 4.92. The van der Waals surface area contributed by atoms with Crippen LogP contribution in [0, 0.1) is 0 Å². The molecule has 3 nitrogen and oxygen atoms in total. The van der Waals surface area contributed by atoms with E-state index in [2.05, 4.69) is 37.1 Å². The first-order chi connectivity index (χ1) is 9.15. The molecular weight excluding hydrogens is 236 g/mol. The van der Waals surface area contributed by atoms with E-state index in [1.165, 1.54) is 31.5 Å². The zero-order valence-corrected chi connectivity index (χ0v) is 12.4. The Hall–Kier alpha value is -1.06. The van der Waals surface area contributed by atoms with Crippen LogP contribution in [0.3, 0.4) is 0 Å². The molecule has 0 aliphatic carbocycles. The van der Waals surface area contributed by atoms with Gasteiger partial charge in [0.2, 0.25) is 0 Å². The maximum atomic E-state index is 5.44. The first-order valence-electron chi connectivity index (χ1n) is 7.30. The minimum atomic E-state index is 0.310. The van der Waals surface area contributed by atoms with Crippen LogP contribution >= 0.6 is 0 Å². The molecule has 106 valence electrons. The molecule has 2 rings (SSSR count). The Bertz CT molecular complexity index is 385. The van der Waals surface area contributed by atoms with Gasteiger partial charge in [0.15, 0.2) is 0 Å². The van der Waals surface area contributed by atoms with Crippen molar-refractivity contribution in [3.63, 3.8) is 0 Å². The average Bonchev–Trinajstić information content (AvgIpc) is 2.92. The van der Waals surface area contributed by atoms with Gasteiger partial charge in [-0.2, -0.15) is 0 Å². The molecule has 1 aromatic rings. The van der Waals surface area contributed by atoms with E-state index in [0.29, 0.717) is 12.1 Å². The Morgan fingerprint density at radius 1 is 1.47 bits per heavy atom. The van der Waals surface area contributed by atoms with E-state index in [1.54, 1.807) is 6.26 Å². The van der Waals surface area contributed by atoms with Crippen molar-refractivity contribution < 1.29 is 4.42 Å². The summed E-state index contributed by atoms with van der Waals surface area (Å²) in [5.74, 6) is 1.03. The minimum absolute atomic E-state index is 0.310. The van der Waals surface area contributed by atoms with Crippen molar-refractivity contribution in [2.24, 2.45) is 0 Å². The van der Waals surface area contributed by atoms with Crippen molar-refractivity contribution >= 4 is 0 Å². The molecule has 3 heteroatoms. The van der Waals surface area contributed by atoms with E-state index < -0.39 is 0 Å². The van der Waals surface area contributed by atoms with E-state index in [1.807, 2.05) is 12.1 Å². The second-order valence-electron chi connectivity index (χ2n) is 5.76. The summed E-state index contributed by atoms with van der Waals surface area (Å²) < 4.78 is 5.44. The molecule has 0 unspecified atom stereocenters. The first kappa shape index (κ1) is 14.4. The largest absolute Gasteiger partial charge is 0.468 e. The number of nitrogens with one attached hydrogen (secondary N) is 1. The van der Waals surface area contributed by atoms with E-state index in [4.69, 9.17) is 4.42 Å². The number of piperidine rings is 1. The third-order valence-electron chi connectivity index (χ3n) is 3.80. The number of rotatable bonds is 5. The van der Waals surface area contributed by atoms with Gasteiger partial charge in [-0.25, -0.2) is 0 Å². The normalized spacial score (nSPS) is 19.3. The predicted molar refractivity (Wildman–Crippen MR) is 79.2 cm³/mol. The van der Waals surface area contributed by atoms with Crippen LogP contribution in [0.1, 0.15) is 45.4 Å². The minimum Gasteiger partial charge on any atom is -0.468 e. The van der Waals surface area contributed by atoms with Crippen molar-refractivity contribution in [1.29, 1.82) is 0 Å². The Labute approximate surface area is 116 Å². The van der Waals surface area contributed by atoms with Gasteiger partial charge in [-0.15, -0.1) is 0 Å². The molecule has 1 atom stereocenters. The summed E-state index contributed by atoms with van der Waals surface area (Å²) in [7, 11) is 0. The summed E-state index contributed by atoms with van der Waals surface area (Å²) in [6.07, 6.45) is 6.51. The zero-order valence-electron chi connectivity index (χ0n) is 12.4. The number of hydrogen-bond donors (Lipinski definition) is 1. The van der Waals surface area contributed by atoms with E-state index >= 15 is 0 Å². The number of nitrogens with zero attached hydrogens (tertiary/aromatic N) is 1. The molecule has 0 bridgehead atoms. The van der Waals surface area contributed by atoms with Crippen LogP contribution in [0.15, 0.2) is 34.5 Å². The fourth-order valence-corrected chi connectivity index (χ4v) is 2.57. The maximum Gasteiger partial charge on any atom is 0.120 e. The fourth-order valence-electron chi connectivity index (χ4n) is 2.57. The smallest absolute Gasteiger partial charge is 0.120 e. The molecule has 2 heterocycles. The van der Waals surface area contributed by atoms with Crippen LogP contribution in [0.4, 0.5) is 0 Å². The monoisotopic (exact) mass is 262 g/mol. The van der Waals surface area contributed by atoms with E-state index in [0.717, 1.165) is 12.3 Å². The van der Waals surface area contributed by atoms with Crippen molar-refractivity contribution in [1.82, 2.24) is 10.2 Å². The molecule has 0 amide bonds. The lowest BCUT2D eigenvalue weighted by Gasteiger charge is -2.33. The van der Waals surface area contributed by atoms with Crippen molar-refractivity contribution in [2.75, 3.05) is 19.6 Å². The lowest BCUT2D eigenvalue weighted by atomic mass is 10.0. The molecule has 1 saturated heterocycles. The SMILES string of the molecule is CC(C)=CCN1CCC(N[C@@H](C)c2ccco2)CC1. The Morgan fingerprint density at radius 2 is 2.21 bits per heavy atom. The summed E-state index contributed by atoms with van der Waals surface area (Å²) in [5, 5.41) is 3.67. The molecule has 0 radical (unpaired) electrons. The van der Waals surface area contributed by atoms with Crippen molar-refractivity contribution in [3.8, 4) is 0 Å². The number of allylic oxidation sites excluding steroid dienone is 1. The van der Waals surface area contributed by atoms with Crippen LogP contribution in [0.25, 0.3) is 0 Å². The second-order valence-corrected chi connectivity index (χ2v) is 5.76. The number of hydrogen-bond acceptors (Lipinski definition) is 3. The van der Waals surface area contributed by atoms with Gasteiger partial charge in [-0.1, -0.05) is 11.6 Å². The van der Waals surface area contributed by atoms with E-state index in [9.17, 15) is 0 Å². The van der Waals surface area contributed by atoms with Gasteiger partial charge >= 0.3 is 0 Å². The molecule has 1 aromatic heterocycles. The lowest BCUT2D eigenvalue weighted by Crippen LogP contribution is -2.43. The highest BCUT2D eigenvalue weighted by atomic mass is 16.3. The summed E-state index contributed by atoms with van der Waals surface area (Å²) in [5.41, 5.74) is 1.41. The van der Waals surface area contributed by atoms with Gasteiger partial charge < -0.3 is 9.73 Å². The molecule has 1 aliphatic heterocycles. The fraction of sp³-hybridized carbons (Fsp3) is 0.625. The van der Waals surface area contributed by atoms with Crippen molar-refractivity contribution in [2.45, 2.75) is 45.7 Å². The second kappa shape index (κ2) is 6.92. The van der Waals surface area contributed by atoms with Crippen molar-refractivity contribution in [3.05, 3.63) is 35.8 Å². The highest BCUT2D eigenvalue weighted by Crippen LogP contribution is 2.17. The number of furan rings is 1. The zero-order chi connectivity index (χ0) is 13.7. The molecule has 0 saturated carbocycles. The van der Waals surface area contributed by atoms with Crippen LogP contribution in [0.2, 0.25) is 0 Å². The van der Waals surface area contributed by atoms with Gasteiger partial charge in [0.25, 0.3) is 0 Å².